The van der Waals surface area contributed by atoms with Crippen LogP contribution in [-0.2, 0) is 16.6 Å². The van der Waals surface area contributed by atoms with E-state index in [0.29, 0.717) is 23.8 Å². The van der Waals surface area contributed by atoms with Crippen LogP contribution in [0.1, 0.15) is 29.8 Å². The molecule has 0 spiro atoms. The van der Waals surface area contributed by atoms with E-state index in [4.69, 9.17) is 0 Å². The van der Waals surface area contributed by atoms with Crippen molar-refractivity contribution in [3.8, 4) is 0 Å². The molecule has 10 heteroatoms. The number of benzene rings is 2. The molecule has 0 radical (unpaired) electrons. The minimum absolute atomic E-state index is 0.163. The summed E-state index contributed by atoms with van der Waals surface area (Å²) in [6, 6.07) is 15.6. The van der Waals surface area contributed by atoms with E-state index in [2.05, 4.69) is 25.9 Å². The van der Waals surface area contributed by atoms with Crippen LogP contribution in [0.5, 0.6) is 0 Å². The number of pyridine rings is 1. The van der Waals surface area contributed by atoms with Crippen LogP contribution in [0, 0.1) is 0 Å². The number of sulfonamides is 1. The predicted octanol–water partition coefficient (Wildman–Crippen LogP) is 5.33. The summed E-state index contributed by atoms with van der Waals surface area (Å²) in [6.07, 6.45) is 3.39. The first-order chi connectivity index (χ1) is 16.3. The Balaban J connectivity index is 1.70. The summed E-state index contributed by atoms with van der Waals surface area (Å²) >= 11 is 4.90. The molecule has 2 aromatic heterocycles. The van der Waals surface area contributed by atoms with Gasteiger partial charge in [-0.25, -0.2) is 13.4 Å². The minimum Gasteiger partial charge on any atom is -0.279 e. The highest BCUT2D eigenvalue weighted by Gasteiger charge is 2.25. The van der Waals surface area contributed by atoms with E-state index in [-0.39, 0.29) is 17.3 Å². The van der Waals surface area contributed by atoms with Crippen molar-refractivity contribution in [3.05, 3.63) is 82.6 Å². The van der Waals surface area contributed by atoms with Gasteiger partial charge in [0.05, 0.1) is 21.7 Å². The fraction of sp³-hybridized carbons (Fsp3) is 0.208. The van der Waals surface area contributed by atoms with Gasteiger partial charge in [0.1, 0.15) is 0 Å². The predicted molar refractivity (Wildman–Crippen MR) is 139 cm³/mol. The van der Waals surface area contributed by atoms with E-state index in [1.54, 1.807) is 43.3 Å². The number of aromatic nitrogens is 2. The molecular formula is C24H23BrN4O3S2. The first kappa shape index (κ1) is 24.5. The number of hydrogen-bond acceptors (Lipinski definition) is 6. The first-order valence-corrected chi connectivity index (χ1v) is 13.8. The molecule has 0 aliphatic carbocycles. The van der Waals surface area contributed by atoms with Crippen molar-refractivity contribution >= 4 is 58.5 Å². The van der Waals surface area contributed by atoms with Crippen molar-refractivity contribution in [3.63, 3.8) is 0 Å². The Morgan fingerprint density at radius 1 is 1.06 bits per heavy atom. The van der Waals surface area contributed by atoms with Gasteiger partial charge in [-0.2, -0.15) is 4.31 Å². The van der Waals surface area contributed by atoms with Crippen LogP contribution >= 0.6 is 27.3 Å². The van der Waals surface area contributed by atoms with Crippen molar-refractivity contribution in [2.24, 2.45) is 0 Å². The largest absolute Gasteiger partial charge is 0.279 e. The maximum Gasteiger partial charge on any atom is 0.260 e. The smallest absolute Gasteiger partial charge is 0.260 e. The summed E-state index contributed by atoms with van der Waals surface area (Å²) in [4.78, 5) is 24.2. The van der Waals surface area contributed by atoms with Crippen molar-refractivity contribution in [1.29, 1.82) is 0 Å². The summed E-state index contributed by atoms with van der Waals surface area (Å²) < 4.78 is 28.9. The topological polar surface area (TPSA) is 83.5 Å². The third kappa shape index (κ3) is 5.05. The highest BCUT2D eigenvalue weighted by molar-refractivity contribution is 9.10. The van der Waals surface area contributed by atoms with Gasteiger partial charge in [0.15, 0.2) is 5.13 Å². The van der Waals surface area contributed by atoms with Gasteiger partial charge in [0.25, 0.3) is 5.91 Å². The maximum atomic E-state index is 13.6. The molecule has 176 valence electrons. The number of anilines is 1. The third-order valence-corrected chi connectivity index (χ3v) is 8.92. The SMILES string of the molecule is CCN(CC)S(=O)(=O)c1ccc(C(=O)N(Cc2cccnc2)c2nc3ccc(Br)cc3s2)cc1. The standard InChI is InChI=1S/C24H23BrN4O3S2/c1-3-28(4-2)34(31,32)20-10-7-18(8-11-20)23(30)29(16-17-6-5-13-26-15-17)24-27-21-12-9-19(25)14-22(21)33-24/h5-15H,3-4,16H2,1-2H3. The van der Waals surface area contributed by atoms with Gasteiger partial charge in [-0.05, 0) is 54.1 Å². The number of rotatable bonds is 8. The Labute approximate surface area is 211 Å². The Hall–Kier alpha value is -2.66. The molecule has 0 aliphatic rings. The average Bonchev–Trinajstić information content (AvgIpc) is 3.26. The summed E-state index contributed by atoms with van der Waals surface area (Å²) in [5, 5.41) is 0.557. The van der Waals surface area contributed by atoms with Crippen LogP contribution in [0.4, 0.5) is 5.13 Å². The maximum absolute atomic E-state index is 13.6. The summed E-state index contributed by atoms with van der Waals surface area (Å²) in [7, 11) is -3.60. The average molecular weight is 560 g/mol. The molecule has 0 aliphatic heterocycles. The van der Waals surface area contributed by atoms with E-state index in [0.717, 1.165) is 20.3 Å². The molecule has 2 heterocycles. The summed E-state index contributed by atoms with van der Waals surface area (Å²) in [5.41, 5.74) is 2.03. The van der Waals surface area contributed by atoms with Crippen molar-refractivity contribution < 1.29 is 13.2 Å². The lowest BCUT2D eigenvalue weighted by Crippen LogP contribution is -2.31. The van der Waals surface area contributed by atoms with E-state index < -0.39 is 10.0 Å². The van der Waals surface area contributed by atoms with Gasteiger partial charge in [-0.15, -0.1) is 0 Å². The van der Waals surface area contributed by atoms with Crippen LogP contribution in [0.3, 0.4) is 0 Å². The summed E-state index contributed by atoms with van der Waals surface area (Å²) in [5.74, 6) is -0.270. The molecular weight excluding hydrogens is 536 g/mol. The second-order valence-corrected chi connectivity index (χ2v) is 11.3. The highest BCUT2D eigenvalue weighted by atomic mass is 79.9. The monoisotopic (exact) mass is 558 g/mol. The van der Waals surface area contributed by atoms with Gasteiger partial charge in [-0.1, -0.05) is 47.2 Å². The lowest BCUT2D eigenvalue weighted by Gasteiger charge is -2.21. The number of thiazole rings is 1. The fourth-order valence-corrected chi connectivity index (χ4v) is 6.51. The van der Waals surface area contributed by atoms with Gasteiger partial charge in [-0.3, -0.25) is 14.7 Å². The zero-order valence-corrected chi connectivity index (χ0v) is 21.9. The van der Waals surface area contributed by atoms with Gasteiger partial charge in [0, 0.05) is 35.5 Å². The Morgan fingerprint density at radius 2 is 1.79 bits per heavy atom. The molecule has 0 saturated heterocycles. The van der Waals surface area contributed by atoms with E-state index in [9.17, 15) is 13.2 Å². The molecule has 0 atom stereocenters. The van der Waals surface area contributed by atoms with E-state index in [1.165, 1.54) is 27.8 Å². The normalized spacial score (nSPS) is 11.8. The van der Waals surface area contributed by atoms with Crippen molar-refractivity contribution in [2.45, 2.75) is 25.3 Å². The summed E-state index contributed by atoms with van der Waals surface area (Å²) in [6.45, 7) is 4.64. The van der Waals surface area contributed by atoms with E-state index in [1.807, 2.05) is 30.3 Å². The fourth-order valence-electron chi connectivity index (χ4n) is 3.54. The second kappa shape index (κ2) is 10.3. The third-order valence-electron chi connectivity index (χ3n) is 5.32. The molecule has 0 saturated carbocycles. The molecule has 1 amide bonds. The molecule has 0 fully saturated rings. The van der Waals surface area contributed by atoms with Crippen LogP contribution < -0.4 is 4.90 Å². The van der Waals surface area contributed by atoms with Gasteiger partial charge >= 0.3 is 0 Å². The second-order valence-electron chi connectivity index (χ2n) is 7.47. The zero-order chi connectivity index (χ0) is 24.3. The van der Waals surface area contributed by atoms with Gasteiger partial charge in [0.2, 0.25) is 10.0 Å². The van der Waals surface area contributed by atoms with Crippen LogP contribution in [-0.4, -0.2) is 41.7 Å². The number of hydrogen-bond donors (Lipinski definition) is 0. The quantitative estimate of drug-likeness (QED) is 0.292. The van der Waals surface area contributed by atoms with E-state index >= 15 is 0 Å². The number of halogens is 1. The molecule has 34 heavy (non-hydrogen) atoms. The lowest BCUT2D eigenvalue weighted by atomic mass is 10.2. The number of carbonyl (C=O) groups excluding carboxylic acids is 1. The highest BCUT2D eigenvalue weighted by Crippen LogP contribution is 2.32. The molecule has 2 aromatic carbocycles. The van der Waals surface area contributed by atoms with Crippen LogP contribution in [0.2, 0.25) is 0 Å². The molecule has 4 rings (SSSR count). The number of carbonyl (C=O) groups is 1. The Bertz CT molecular complexity index is 1400. The van der Waals surface area contributed by atoms with Gasteiger partial charge < -0.3 is 0 Å². The van der Waals surface area contributed by atoms with Crippen molar-refractivity contribution in [1.82, 2.24) is 14.3 Å². The Kier molecular flexibility index (Phi) is 7.42. The van der Waals surface area contributed by atoms with Crippen molar-refractivity contribution in [2.75, 3.05) is 18.0 Å². The molecule has 0 bridgehead atoms. The molecule has 0 N–H and O–H groups in total. The number of amides is 1. The van der Waals surface area contributed by atoms with Crippen LogP contribution in [0.15, 0.2) is 76.4 Å². The number of nitrogens with zero attached hydrogens (tertiary/aromatic N) is 4. The molecule has 4 aromatic rings. The zero-order valence-electron chi connectivity index (χ0n) is 18.7. The Morgan fingerprint density at radius 3 is 2.44 bits per heavy atom. The minimum atomic E-state index is -3.60. The number of fused-ring (bicyclic) bond motifs is 1. The molecule has 0 unspecified atom stereocenters. The first-order valence-electron chi connectivity index (χ1n) is 10.7. The molecule has 7 nitrogen and oxygen atoms in total. The lowest BCUT2D eigenvalue weighted by molar-refractivity contribution is 0.0985. The van der Waals surface area contributed by atoms with Crippen LogP contribution in [0.25, 0.3) is 10.2 Å².